The van der Waals surface area contributed by atoms with Gasteiger partial charge in [-0.2, -0.15) is 0 Å². The number of aliphatic imine (C=N–C) groups is 1. The SMILES string of the molecule is CCOC(=O)[C@@H]1CCC[C@H]1N=C=S. The molecular weight excluding hydrogens is 186 g/mol. The third-order valence-corrected chi connectivity index (χ3v) is 2.39. The van der Waals surface area contributed by atoms with Gasteiger partial charge >= 0.3 is 5.97 Å². The number of esters is 1. The highest BCUT2D eigenvalue weighted by Crippen LogP contribution is 2.29. The first-order valence-electron chi connectivity index (χ1n) is 4.53. The van der Waals surface area contributed by atoms with Gasteiger partial charge in [-0.3, -0.25) is 4.79 Å². The van der Waals surface area contributed by atoms with Crippen LogP contribution in [0.25, 0.3) is 0 Å². The van der Waals surface area contributed by atoms with Crippen LogP contribution >= 0.6 is 12.2 Å². The van der Waals surface area contributed by atoms with Crippen molar-refractivity contribution >= 4 is 23.3 Å². The van der Waals surface area contributed by atoms with E-state index in [0.29, 0.717) is 6.61 Å². The van der Waals surface area contributed by atoms with Gasteiger partial charge in [-0.25, -0.2) is 4.99 Å². The third-order valence-electron chi connectivity index (χ3n) is 2.29. The largest absolute Gasteiger partial charge is 0.466 e. The van der Waals surface area contributed by atoms with Crippen LogP contribution in [0.3, 0.4) is 0 Å². The van der Waals surface area contributed by atoms with E-state index in [0.717, 1.165) is 19.3 Å². The molecular formula is C9H13NO2S. The third kappa shape index (κ3) is 2.61. The molecule has 0 N–H and O–H groups in total. The Morgan fingerprint density at radius 2 is 2.46 bits per heavy atom. The molecule has 0 unspecified atom stereocenters. The summed E-state index contributed by atoms with van der Waals surface area (Å²) in [4.78, 5) is 15.4. The summed E-state index contributed by atoms with van der Waals surface area (Å²) in [6, 6.07) is 0.0107. The van der Waals surface area contributed by atoms with Crippen LogP contribution < -0.4 is 0 Å². The summed E-state index contributed by atoms with van der Waals surface area (Å²) < 4.78 is 4.94. The Hall–Kier alpha value is -0.730. The lowest BCUT2D eigenvalue weighted by Crippen LogP contribution is -2.23. The van der Waals surface area contributed by atoms with Gasteiger partial charge in [0.1, 0.15) is 0 Å². The zero-order valence-corrected chi connectivity index (χ0v) is 8.47. The van der Waals surface area contributed by atoms with Crippen LogP contribution in [0.15, 0.2) is 4.99 Å². The number of hydrogen-bond acceptors (Lipinski definition) is 4. The van der Waals surface area contributed by atoms with Gasteiger partial charge in [0.2, 0.25) is 0 Å². The van der Waals surface area contributed by atoms with E-state index in [1.165, 1.54) is 0 Å². The van der Waals surface area contributed by atoms with Crippen molar-refractivity contribution in [3.05, 3.63) is 0 Å². The van der Waals surface area contributed by atoms with Crippen molar-refractivity contribution in [1.29, 1.82) is 0 Å². The Bertz CT molecular complexity index is 236. The molecule has 1 saturated carbocycles. The van der Waals surface area contributed by atoms with E-state index in [1.807, 2.05) is 6.92 Å². The summed E-state index contributed by atoms with van der Waals surface area (Å²) in [5.41, 5.74) is 0. The van der Waals surface area contributed by atoms with Crippen molar-refractivity contribution < 1.29 is 9.53 Å². The lowest BCUT2D eigenvalue weighted by molar-refractivity contribution is -0.148. The lowest BCUT2D eigenvalue weighted by atomic mass is 10.1. The van der Waals surface area contributed by atoms with Crippen LogP contribution in [0.4, 0.5) is 0 Å². The molecule has 1 rings (SSSR count). The van der Waals surface area contributed by atoms with Gasteiger partial charge in [-0.15, -0.1) is 0 Å². The van der Waals surface area contributed by atoms with Gasteiger partial charge in [0, 0.05) is 0 Å². The van der Waals surface area contributed by atoms with Crippen LogP contribution in [0, 0.1) is 5.92 Å². The van der Waals surface area contributed by atoms with Gasteiger partial charge < -0.3 is 4.74 Å². The Morgan fingerprint density at radius 1 is 1.69 bits per heavy atom. The molecule has 0 saturated heterocycles. The van der Waals surface area contributed by atoms with Gasteiger partial charge in [-0.05, 0) is 32.0 Å². The topological polar surface area (TPSA) is 38.7 Å². The van der Waals surface area contributed by atoms with Crippen molar-refractivity contribution in [2.45, 2.75) is 32.2 Å². The summed E-state index contributed by atoms with van der Waals surface area (Å²) in [6.45, 7) is 2.24. The lowest BCUT2D eigenvalue weighted by Gasteiger charge is -2.12. The van der Waals surface area contributed by atoms with Gasteiger partial charge in [0.05, 0.1) is 23.7 Å². The Labute approximate surface area is 83.2 Å². The molecule has 0 heterocycles. The minimum absolute atomic E-state index is 0.0107. The number of ether oxygens (including phenoxy) is 1. The molecule has 13 heavy (non-hydrogen) atoms. The average Bonchev–Trinajstić information content (AvgIpc) is 2.54. The van der Waals surface area contributed by atoms with Crippen LogP contribution in [0.2, 0.25) is 0 Å². The number of nitrogens with zero attached hydrogens (tertiary/aromatic N) is 1. The highest BCUT2D eigenvalue weighted by Gasteiger charge is 2.33. The quantitative estimate of drug-likeness (QED) is 0.395. The van der Waals surface area contributed by atoms with Crippen LogP contribution in [0.5, 0.6) is 0 Å². The molecule has 0 aromatic heterocycles. The minimum Gasteiger partial charge on any atom is -0.466 e. The number of isothiocyanates is 1. The first kappa shape index (κ1) is 10.4. The first-order valence-corrected chi connectivity index (χ1v) is 4.94. The average molecular weight is 199 g/mol. The molecule has 4 heteroatoms. The Kier molecular flexibility index (Phi) is 4.06. The van der Waals surface area contributed by atoms with E-state index >= 15 is 0 Å². The molecule has 0 bridgehead atoms. The highest BCUT2D eigenvalue weighted by molar-refractivity contribution is 7.78. The Balaban J connectivity index is 2.57. The summed E-state index contributed by atoms with van der Waals surface area (Å²) in [5, 5.41) is 2.34. The van der Waals surface area contributed by atoms with E-state index in [-0.39, 0.29) is 17.9 Å². The second-order valence-electron chi connectivity index (χ2n) is 3.08. The van der Waals surface area contributed by atoms with Crippen molar-refractivity contribution in [2.75, 3.05) is 6.61 Å². The summed E-state index contributed by atoms with van der Waals surface area (Å²) >= 11 is 4.52. The molecule has 1 aliphatic rings. The monoisotopic (exact) mass is 199 g/mol. The first-order chi connectivity index (χ1) is 6.29. The van der Waals surface area contributed by atoms with Gasteiger partial charge in [0.15, 0.2) is 0 Å². The molecule has 0 spiro atoms. The maximum absolute atomic E-state index is 11.4. The molecule has 72 valence electrons. The molecule has 3 nitrogen and oxygen atoms in total. The number of rotatable bonds is 3. The summed E-state index contributed by atoms with van der Waals surface area (Å²) in [5.74, 6) is -0.227. The maximum Gasteiger partial charge on any atom is 0.311 e. The fourth-order valence-electron chi connectivity index (χ4n) is 1.69. The fraction of sp³-hybridized carbons (Fsp3) is 0.778. The second-order valence-corrected chi connectivity index (χ2v) is 3.26. The normalized spacial score (nSPS) is 26.5. The van der Waals surface area contributed by atoms with Gasteiger partial charge in [0.25, 0.3) is 0 Å². The van der Waals surface area contributed by atoms with Crippen LogP contribution in [-0.2, 0) is 9.53 Å². The van der Waals surface area contributed by atoms with E-state index in [2.05, 4.69) is 22.4 Å². The molecule has 0 radical (unpaired) electrons. The summed E-state index contributed by atoms with van der Waals surface area (Å²) in [6.07, 6.45) is 2.81. The van der Waals surface area contributed by atoms with E-state index in [1.54, 1.807) is 0 Å². The Morgan fingerprint density at radius 3 is 3.08 bits per heavy atom. The minimum atomic E-state index is -0.140. The summed E-state index contributed by atoms with van der Waals surface area (Å²) in [7, 11) is 0. The number of hydrogen-bond donors (Lipinski definition) is 0. The van der Waals surface area contributed by atoms with Crippen molar-refractivity contribution in [1.82, 2.24) is 0 Å². The van der Waals surface area contributed by atoms with E-state index < -0.39 is 0 Å². The van der Waals surface area contributed by atoms with Crippen molar-refractivity contribution in [3.8, 4) is 0 Å². The second kappa shape index (κ2) is 5.10. The maximum atomic E-state index is 11.4. The number of thiocarbonyl (C=S) groups is 1. The van der Waals surface area contributed by atoms with Crippen LogP contribution in [0.1, 0.15) is 26.2 Å². The predicted molar refractivity (Wildman–Crippen MR) is 52.8 cm³/mol. The van der Waals surface area contributed by atoms with Crippen LogP contribution in [-0.4, -0.2) is 23.8 Å². The smallest absolute Gasteiger partial charge is 0.311 e. The van der Waals surface area contributed by atoms with Gasteiger partial charge in [-0.1, -0.05) is 6.42 Å². The zero-order valence-electron chi connectivity index (χ0n) is 7.66. The standard InChI is InChI=1S/C9H13NO2S/c1-2-12-9(11)7-4-3-5-8(7)10-6-13/h7-8H,2-5H2,1H3/t7-,8-/m1/s1. The predicted octanol–water partition coefficient (Wildman–Crippen LogP) is 1.82. The molecule has 0 amide bonds. The molecule has 0 aliphatic heterocycles. The van der Waals surface area contributed by atoms with Crippen molar-refractivity contribution in [2.24, 2.45) is 10.9 Å². The van der Waals surface area contributed by atoms with E-state index in [4.69, 9.17) is 4.74 Å². The van der Waals surface area contributed by atoms with E-state index in [9.17, 15) is 4.79 Å². The molecule has 1 fully saturated rings. The van der Waals surface area contributed by atoms with Crippen molar-refractivity contribution in [3.63, 3.8) is 0 Å². The molecule has 0 aromatic rings. The molecule has 0 aromatic carbocycles. The molecule has 1 aliphatic carbocycles. The number of carbonyl (C=O) groups excluding carboxylic acids is 1. The fourth-order valence-corrected chi connectivity index (χ4v) is 1.82. The highest BCUT2D eigenvalue weighted by atomic mass is 32.1. The zero-order chi connectivity index (χ0) is 9.68. The number of carbonyl (C=O) groups is 1. The molecule has 2 atom stereocenters.